The number of amides is 1. The molecule has 0 bridgehead atoms. The highest BCUT2D eigenvalue weighted by Crippen LogP contribution is 2.14. The molecule has 0 spiro atoms. The van der Waals surface area contributed by atoms with E-state index in [9.17, 15) is 4.79 Å². The Morgan fingerprint density at radius 2 is 1.68 bits per heavy atom. The number of hydrogen-bond acceptors (Lipinski definition) is 2. The van der Waals surface area contributed by atoms with Gasteiger partial charge in [0.1, 0.15) is 0 Å². The standard InChI is InChI=1S/C19H24N2O/c1-14-5-8-17(9-6-14)12-21(4)13-19(22)20-18-10-7-15(2)16(3)11-18/h5-11H,12-13H2,1-4H3,(H,20,22). The largest absolute Gasteiger partial charge is 0.325 e. The lowest BCUT2D eigenvalue weighted by atomic mass is 10.1. The van der Waals surface area contributed by atoms with E-state index in [-0.39, 0.29) is 5.91 Å². The molecule has 1 amide bonds. The van der Waals surface area contributed by atoms with Gasteiger partial charge < -0.3 is 5.32 Å². The lowest BCUT2D eigenvalue weighted by Gasteiger charge is -2.17. The third-order valence-corrected chi connectivity index (χ3v) is 3.78. The van der Waals surface area contributed by atoms with Crippen molar-refractivity contribution in [3.8, 4) is 0 Å². The quantitative estimate of drug-likeness (QED) is 0.913. The van der Waals surface area contributed by atoms with Gasteiger partial charge in [-0.3, -0.25) is 9.69 Å². The molecule has 0 heterocycles. The van der Waals surface area contributed by atoms with Crippen molar-refractivity contribution in [3.63, 3.8) is 0 Å². The Balaban J connectivity index is 1.88. The van der Waals surface area contributed by atoms with Crippen LogP contribution in [0.2, 0.25) is 0 Å². The summed E-state index contributed by atoms with van der Waals surface area (Å²) in [5.41, 5.74) is 5.74. The van der Waals surface area contributed by atoms with E-state index in [4.69, 9.17) is 0 Å². The van der Waals surface area contributed by atoms with Crippen LogP contribution in [0.3, 0.4) is 0 Å². The second kappa shape index (κ2) is 7.23. The molecule has 0 saturated heterocycles. The van der Waals surface area contributed by atoms with Crippen LogP contribution >= 0.6 is 0 Å². The smallest absolute Gasteiger partial charge is 0.238 e. The summed E-state index contributed by atoms with van der Waals surface area (Å²) in [6.07, 6.45) is 0. The van der Waals surface area contributed by atoms with E-state index >= 15 is 0 Å². The first kappa shape index (κ1) is 16.2. The first-order valence-corrected chi connectivity index (χ1v) is 7.55. The number of nitrogens with one attached hydrogen (secondary N) is 1. The monoisotopic (exact) mass is 296 g/mol. The van der Waals surface area contributed by atoms with Crippen LogP contribution in [0.1, 0.15) is 22.3 Å². The normalized spacial score (nSPS) is 10.8. The van der Waals surface area contributed by atoms with E-state index in [0.717, 1.165) is 12.2 Å². The topological polar surface area (TPSA) is 32.3 Å². The predicted octanol–water partition coefficient (Wildman–Crippen LogP) is 3.68. The van der Waals surface area contributed by atoms with E-state index in [1.807, 2.05) is 30.1 Å². The van der Waals surface area contributed by atoms with Gasteiger partial charge in [0.15, 0.2) is 0 Å². The number of likely N-dealkylation sites (N-methyl/N-ethyl adjacent to an activating group) is 1. The van der Waals surface area contributed by atoms with E-state index in [0.29, 0.717) is 6.54 Å². The lowest BCUT2D eigenvalue weighted by molar-refractivity contribution is -0.117. The summed E-state index contributed by atoms with van der Waals surface area (Å²) in [6.45, 7) is 7.33. The number of nitrogens with zero attached hydrogens (tertiary/aromatic N) is 1. The average Bonchev–Trinajstić information content (AvgIpc) is 2.45. The summed E-state index contributed by atoms with van der Waals surface area (Å²) in [4.78, 5) is 14.1. The average molecular weight is 296 g/mol. The molecule has 0 aromatic heterocycles. The molecule has 3 heteroatoms. The van der Waals surface area contributed by atoms with Crippen LogP contribution in [-0.4, -0.2) is 24.4 Å². The van der Waals surface area contributed by atoms with Gasteiger partial charge in [-0.25, -0.2) is 0 Å². The Morgan fingerprint density at radius 1 is 1.00 bits per heavy atom. The van der Waals surface area contributed by atoms with Crippen molar-refractivity contribution < 1.29 is 4.79 Å². The molecule has 1 N–H and O–H groups in total. The van der Waals surface area contributed by atoms with Crippen molar-refractivity contribution in [2.75, 3.05) is 18.9 Å². The summed E-state index contributed by atoms with van der Waals surface area (Å²) < 4.78 is 0. The minimum atomic E-state index is 0.0119. The number of carbonyl (C=O) groups excluding carboxylic acids is 1. The second-order valence-corrected chi connectivity index (χ2v) is 6.01. The number of hydrogen-bond donors (Lipinski definition) is 1. The number of carbonyl (C=O) groups is 1. The molecule has 0 atom stereocenters. The Kier molecular flexibility index (Phi) is 5.34. The van der Waals surface area contributed by atoms with Gasteiger partial charge in [0.25, 0.3) is 0 Å². The highest BCUT2D eigenvalue weighted by Gasteiger charge is 2.08. The van der Waals surface area contributed by atoms with Crippen LogP contribution in [0.5, 0.6) is 0 Å². The van der Waals surface area contributed by atoms with Crippen molar-refractivity contribution in [2.45, 2.75) is 27.3 Å². The van der Waals surface area contributed by atoms with Crippen LogP contribution in [0, 0.1) is 20.8 Å². The van der Waals surface area contributed by atoms with Crippen LogP contribution in [0.15, 0.2) is 42.5 Å². The molecule has 0 saturated carbocycles. The lowest BCUT2D eigenvalue weighted by Crippen LogP contribution is -2.29. The number of aryl methyl sites for hydroxylation is 3. The minimum absolute atomic E-state index is 0.0119. The molecule has 3 nitrogen and oxygen atoms in total. The fraction of sp³-hybridized carbons (Fsp3) is 0.316. The Bertz CT molecular complexity index is 647. The fourth-order valence-electron chi connectivity index (χ4n) is 2.33. The SMILES string of the molecule is Cc1ccc(CN(C)CC(=O)Nc2ccc(C)c(C)c2)cc1. The van der Waals surface area contributed by atoms with Gasteiger partial charge >= 0.3 is 0 Å². The second-order valence-electron chi connectivity index (χ2n) is 6.01. The summed E-state index contributed by atoms with van der Waals surface area (Å²) in [5.74, 6) is 0.0119. The molecule has 0 unspecified atom stereocenters. The first-order valence-electron chi connectivity index (χ1n) is 7.55. The maximum atomic E-state index is 12.1. The fourth-order valence-corrected chi connectivity index (χ4v) is 2.33. The molecule has 0 fully saturated rings. The molecular formula is C19H24N2O. The van der Waals surface area contributed by atoms with Gasteiger partial charge in [-0.2, -0.15) is 0 Å². The third kappa shape index (κ3) is 4.71. The zero-order valence-corrected chi connectivity index (χ0v) is 13.8. The van der Waals surface area contributed by atoms with Crippen LogP contribution < -0.4 is 5.32 Å². The van der Waals surface area contributed by atoms with Gasteiger partial charge in [0, 0.05) is 12.2 Å². The zero-order chi connectivity index (χ0) is 16.1. The van der Waals surface area contributed by atoms with Gasteiger partial charge in [0.05, 0.1) is 6.54 Å². The van der Waals surface area contributed by atoms with Gasteiger partial charge in [-0.05, 0) is 56.6 Å². The van der Waals surface area contributed by atoms with Crippen LogP contribution in [0.25, 0.3) is 0 Å². The first-order chi connectivity index (χ1) is 10.4. The van der Waals surface area contributed by atoms with Crippen molar-refractivity contribution in [1.29, 1.82) is 0 Å². The van der Waals surface area contributed by atoms with E-state index in [2.05, 4.69) is 50.4 Å². The number of rotatable bonds is 5. The Hall–Kier alpha value is -2.13. The number of benzene rings is 2. The Morgan fingerprint density at radius 3 is 2.32 bits per heavy atom. The van der Waals surface area contributed by atoms with Crippen LogP contribution in [0.4, 0.5) is 5.69 Å². The maximum Gasteiger partial charge on any atom is 0.238 e. The van der Waals surface area contributed by atoms with E-state index in [1.54, 1.807) is 0 Å². The summed E-state index contributed by atoms with van der Waals surface area (Å²) in [7, 11) is 1.96. The molecule has 2 aromatic carbocycles. The highest BCUT2D eigenvalue weighted by atomic mass is 16.2. The van der Waals surface area contributed by atoms with Gasteiger partial charge in [-0.1, -0.05) is 35.9 Å². The van der Waals surface area contributed by atoms with Gasteiger partial charge in [-0.15, -0.1) is 0 Å². The third-order valence-electron chi connectivity index (χ3n) is 3.78. The van der Waals surface area contributed by atoms with Crippen molar-refractivity contribution in [1.82, 2.24) is 4.90 Å². The molecule has 0 aliphatic rings. The summed E-state index contributed by atoms with van der Waals surface area (Å²) in [6, 6.07) is 14.4. The molecule has 116 valence electrons. The van der Waals surface area contributed by atoms with Crippen molar-refractivity contribution in [2.24, 2.45) is 0 Å². The van der Waals surface area contributed by atoms with Gasteiger partial charge in [0.2, 0.25) is 5.91 Å². The molecule has 0 aliphatic carbocycles. The molecule has 0 aliphatic heterocycles. The minimum Gasteiger partial charge on any atom is -0.325 e. The highest BCUT2D eigenvalue weighted by molar-refractivity contribution is 5.92. The maximum absolute atomic E-state index is 12.1. The summed E-state index contributed by atoms with van der Waals surface area (Å²) in [5, 5.41) is 2.96. The summed E-state index contributed by atoms with van der Waals surface area (Å²) >= 11 is 0. The molecule has 2 aromatic rings. The predicted molar refractivity (Wildman–Crippen MR) is 92.1 cm³/mol. The molecule has 2 rings (SSSR count). The molecule has 0 radical (unpaired) electrons. The number of anilines is 1. The van der Waals surface area contributed by atoms with E-state index in [1.165, 1.54) is 22.3 Å². The molecule has 22 heavy (non-hydrogen) atoms. The zero-order valence-electron chi connectivity index (χ0n) is 13.8. The van der Waals surface area contributed by atoms with Crippen molar-refractivity contribution in [3.05, 3.63) is 64.7 Å². The molecular weight excluding hydrogens is 272 g/mol. The Labute approximate surface area is 133 Å². The van der Waals surface area contributed by atoms with Crippen LogP contribution in [-0.2, 0) is 11.3 Å². The van der Waals surface area contributed by atoms with Crippen molar-refractivity contribution >= 4 is 11.6 Å². The van der Waals surface area contributed by atoms with E-state index < -0.39 is 0 Å².